The van der Waals surface area contributed by atoms with E-state index in [2.05, 4.69) is 5.32 Å². The molecule has 0 aromatic heterocycles. The van der Waals surface area contributed by atoms with Crippen LogP contribution in [0.5, 0.6) is 0 Å². The van der Waals surface area contributed by atoms with Crippen molar-refractivity contribution < 1.29 is 18.0 Å². The molecule has 0 aromatic rings. The number of nitrogens with two attached hydrogens (primary N) is 1. The molecule has 0 spiro atoms. The summed E-state index contributed by atoms with van der Waals surface area (Å²) in [5, 5.41) is 2.27. The molecule has 0 radical (unpaired) electrons. The average molecular weight is 238 g/mol. The molecular weight excluding hydrogens is 221 g/mol. The van der Waals surface area contributed by atoms with Crippen LogP contribution in [0.4, 0.5) is 13.2 Å². The molecule has 0 bridgehead atoms. The number of carbonyl (C=O) groups excluding carboxylic acids is 1. The molecule has 0 heterocycles. The molecule has 3 N–H and O–H groups in total. The maximum absolute atomic E-state index is 12.1. The van der Waals surface area contributed by atoms with Gasteiger partial charge in [-0.1, -0.05) is 19.3 Å². The first-order valence-corrected chi connectivity index (χ1v) is 5.51. The Labute approximate surface area is 92.6 Å². The van der Waals surface area contributed by atoms with Crippen LogP contribution in [-0.4, -0.2) is 24.7 Å². The number of amides is 1. The zero-order valence-corrected chi connectivity index (χ0v) is 9.02. The van der Waals surface area contributed by atoms with E-state index in [1.807, 2.05) is 0 Å². The average Bonchev–Trinajstić information content (AvgIpc) is 2.25. The van der Waals surface area contributed by atoms with Crippen LogP contribution in [0.2, 0.25) is 0 Å². The lowest BCUT2D eigenvalue weighted by molar-refractivity contribution is -0.148. The van der Waals surface area contributed by atoms with Gasteiger partial charge in [0.15, 0.2) is 0 Å². The van der Waals surface area contributed by atoms with Crippen molar-refractivity contribution in [3.8, 4) is 0 Å². The van der Waals surface area contributed by atoms with Crippen LogP contribution in [0, 0.1) is 5.92 Å². The Hall–Kier alpha value is -0.780. The molecular formula is C10H17F3N2O. The third-order valence-electron chi connectivity index (χ3n) is 2.89. The maximum atomic E-state index is 12.1. The van der Waals surface area contributed by atoms with E-state index in [1.165, 1.54) is 0 Å². The summed E-state index contributed by atoms with van der Waals surface area (Å²) in [6.45, 7) is -0.529. The van der Waals surface area contributed by atoms with Crippen molar-refractivity contribution >= 4 is 5.91 Å². The Morgan fingerprint density at radius 3 is 2.38 bits per heavy atom. The van der Waals surface area contributed by atoms with Gasteiger partial charge < -0.3 is 11.1 Å². The smallest absolute Gasteiger partial charge is 0.354 e. The minimum absolute atomic E-state index is 0.130. The van der Waals surface area contributed by atoms with E-state index >= 15 is 0 Å². The molecule has 6 heteroatoms. The summed E-state index contributed by atoms with van der Waals surface area (Å²) in [5.41, 5.74) is 4.89. The Balaban J connectivity index is 2.29. The second-order valence-electron chi connectivity index (χ2n) is 4.23. The minimum atomic E-state index is -4.44. The lowest BCUT2D eigenvalue weighted by Gasteiger charge is -2.22. The van der Waals surface area contributed by atoms with E-state index in [0.717, 1.165) is 32.1 Å². The van der Waals surface area contributed by atoms with Crippen molar-refractivity contribution in [3.63, 3.8) is 0 Å². The summed E-state index contributed by atoms with van der Waals surface area (Å²) in [7, 11) is 0. The second-order valence-corrected chi connectivity index (χ2v) is 4.23. The van der Waals surface area contributed by atoms with Gasteiger partial charge in [-0.05, 0) is 12.8 Å². The van der Waals surface area contributed by atoms with Gasteiger partial charge in [0.25, 0.3) is 0 Å². The molecule has 1 unspecified atom stereocenters. The molecule has 1 atom stereocenters. The summed E-state index contributed by atoms with van der Waals surface area (Å²) < 4.78 is 36.2. The molecule has 94 valence electrons. The number of hydrogen-bond donors (Lipinski definition) is 2. The second kappa shape index (κ2) is 5.52. The highest BCUT2D eigenvalue weighted by molar-refractivity contribution is 5.78. The fraction of sp³-hybridized carbons (Fsp3) is 0.900. The normalized spacial score (nSPS) is 20.5. The molecule has 0 saturated heterocycles. The standard InChI is InChI=1S/C10H17F3N2O/c11-10(12,13)8(14)6-15-9(16)7-4-2-1-3-5-7/h7-8H,1-6,14H2,(H,15,16). The van der Waals surface area contributed by atoms with Crippen LogP contribution < -0.4 is 11.1 Å². The van der Waals surface area contributed by atoms with Crippen LogP contribution in [0.1, 0.15) is 32.1 Å². The number of rotatable bonds is 3. The zero-order valence-electron chi connectivity index (χ0n) is 9.02. The maximum Gasteiger partial charge on any atom is 0.405 e. The third kappa shape index (κ3) is 4.00. The van der Waals surface area contributed by atoms with Gasteiger partial charge in [0, 0.05) is 12.5 Å². The van der Waals surface area contributed by atoms with Gasteiger partial charge >= 0.3 is 6.18 Å². The summed E-state index contributed by atoms with van der Waals surface area (Å²) in [5.74, 6) is -0.423. The highest BCUT2D eigenvalue weighted by atomic mass is 19.4. The molecule has 1 fully saturated rings. The van der Waals surface area contributed by atoms with E-state index in [1.54, 1.807) is 0 Å². The Bertz CT molecular complexity index is 237. The molecule has 0 aliphatic heterocycles. The number of carbonyl (C=O) groups is 1. The first kappa shape index (κ1) is 13.3. The van der Waals surface area contributed by atoms with Gasteiger partial charge in [-0.15, -0.1) is 0 Å². The number of hydrogen-bond acceptors (Lipinski definition) is 2. The van der Waals surface area contributed by atoms with Gasteiger partial charge in [-0.25, -0.2) is 0 Å². The number of halogens is 3. The minimum Gasteiger partial charge on any atom is -0.354 e. The highest BCUT2D eigenvalue weighted by Gasteiger charge is 2.37. The van der Waals surface area contributed by atoms with Crippen molar-refractivity contribution in [1.82, 2.24) is 5.32 Å². The molecule has 16 heavy (non-hydrogen) atoms. The summed E-state index contributed by atoms with van der Waals surface area (Å²) in [4.78, 5) is 11.5. The number of alkyl halides is 3. The summed E-state index contributed by atoms with van der Waals surface area (Å²) in [6, 6.07) is -1.97. The predicted octanol–water partition coefficient (Wildman–Crippen LogP) is 1.57. The summed E-state index contributed by atoms with van der Waals surface area (Å²) in [6.07, 6.45) is 0.151. The SMILES string of the molecule is NC(CNC(=O)C1CCCCC1)C(F)(F)F. The molecule has 3 nitrogen and oxygen atoms in total. The van der Waals surface area contributed by atoms with Gasteiger partial charge in [0.05, 0.1) is 0 Å². The fourth-order valence-corrected chi connectivity index (χ4v) is 1.84. The van der Waals surface area contributed by atoms with Crippen molar-refractivity contribution in [2.45, 2.75) is 44.3 Å². The number of nitrogens with one attached hydrogen (secondary N) is 1. The Kier molecular flexibility index (Phi) is 4.58. The lowest BCUT2D eigenvalue weighted by atomic mass is 9.88. The van der Waals surface area contributed by atoms with E-state index in [4.69, 9.17) is 5.73 Å². The van der Waals surface area contributed by atoms with Crippen LogP contribution in [-0.2, 0) is 4.79 Å². The first-order valence-electron chi connectivity index (χ1n) is 5.51. The Morgan fingerprint density at radius 2 is 1.88 bits per heavy atom. The van der Waals surface area contributed by atoms with Crippen LogP contribution >= 0.6 is 0 Å². The zero-order chi connectivity index (χ0) is 12.2. The van der Waals surface area contributed by atoms with Crippen molar-refractivity contribution in [3.05, 3.63) is 0 Å². The van der Waals surface area contributed by atoms with E-state index in [0.29, 0.717) is 0 Å². The predicted molar refractivity (Wildman–Crippen MR) is 53.6 cm³/mol. The van der Waals surface area contributed by atoms with Crippen molar-refractivity contribution in [1.29, 1.82) is 0 Å². The third-order valence-corrected chi connectivity index (χ3v) is 2.89. The molecule has 1 aliphatic carbocycles. The van der Waals surface area contributed by atoms with Crippen LogP contribution in [0.3, 0.4) is 0 Å². The molecule has 1 aliphatic rings. The van der Waals surface area contributed by atoms with Crippen LogP contribution in [0.15, 0.2) is 0 Å². The monoisotopic (exact) mass is 238 g/mol. The van der Waals surface area contributed by atoms with Gasteiger partial charge in [0.2, 0.25) is 5.91 Å². The van der Waals surface area contributed by atoms with Gasteiger partial charge in [0.1, 0.15) is 6.04 Å². The van der Waals surface area contributed by atoms with E-state index in [-0.39, 0.29) is 11.8 Å². The van der Waals surface area contributed by atoms with E-state index < -0.39 is 18.8 Å². The largest absolute Gasteiger partial charge is 0.405 e. The van der Waals surface area contributed by atoms with Gasteiger partial charge in [-0.2, -0.15) is 13.2 Å². The van der Waals surface area contributed by atoms with Crippen molar-refractivity contribution in [2.24, 2.45) is 11.7 Å². The summed E-state index contributed by atoms with van der Waals surface area (Å²) >= 11 is 0. The van der Waals surface area contributed by atoms with Crippen molar-refractivity contribution in [2.75, 3.05) is 6.54 Å². The molecule has 1 rings (SSSR count). The quantitative estimate of drug-likeness (QED) is 0.784. The van der Waals surface area contributed by atoms with E-state index in [9.17, 15) is 18.0 Å². The first-order chi connectivity index (χ1) is 7.41. The topological polar surface area (TPSA) is 55.1 Å². The molecule has 1 amide bonds. The van der Waals surface area contributed by atoms with Gasteiger partial charge in [-0.3, -0.25) is 4.79 Å². The highest BCUT2D eigenvalue weighted by Crippen LogP contribution is 2.24. The Morgan fingerprint density at radius 1 is 1.31 bits per heavy atom. The fourth-order valence-electron chi connectivity index (χ4n) is 1.84. The lowest BCUT2D eigenvalue weighted by Crippen LogP contribution is -2.48. The molecule has 0 aromatic carbocycles. The molecule has 1 saturated carbocycles. The van der Waals surface area contributed by atoms with Crippen LogP contribution in [0.25, 0.3) is 0 Å².